The Morgan fingerprint density at radius 2 is 1.67 bits per heavy atom. The number of carbonyl (C=O) groups is 1. The van der Waals surface area contributed by atoms with E-state index in [1.807, 2.05) is 30.3 Å². The number of amides is 1. The second-order valence-corrected chi connectivity index (χ2v) is 8.13. The molecule has 7 nitrogen and oxygen atoms in total. The number of hydrogen-bond acceptors (Lipinski definition) is 5. The first kappa shape index (κ1) is 21.2. The lowest BCUT2D eigenvalue weighted by atomic mass is 10.2. The predicted molar refractivity (Wildman–Crippen MR) is 115 cm³/mol. The molecule has 0 aliphatic rings. The van der Waals surface area contributed by atoms with Gasteiger partial charge in [-0.05, 0) is 42.0 Å². The van der Waals surface area contributed by atoms with Crippen molar-refractivity contribution >= 4 is 27.3 Å². The zero-order valence-corrected chi connectivity index (χ0v) is 17.4. The summed E-state index contributed by atoms with van der Waals surface area (Å²) >= 11 is 0. The highest BCUT2D eigenvalue weighted by atomic mass is 32.2. The van der Waals surface area contributed by atoms with E-state index in [1.54, 1.807) is 24.3 Å². The maximum atomic E-state index is 12.7. The number of anilines is 2. The van der Waals surface area contributed by atoms with Gasteiger partial charge < -0.3 is 14.8 Å². The minimum atomic E-state index is -3.84. The van der Waals surface area contributed by atoms with E-state index in [2.05, 4.69) is 10.0 Å². The molecular formula is C22H22N2O5S. The van der Waals surface area contributed by atoms with Crippen molar-refractivity contribution < 1.29 is 22.7 Å². The Bertz CT molecular complexity index is 1110. The average Bonchev–Trinajstić information content (AvgIpc) is 2.73. The van der Waals surface area contributed by atoms with E-state index in [4.69, 9.17) is 9.47 Å². The predicted octanol–water partition coefficient (Wildman–Crippen LogP) is 4.03. The summed E-state index contributed by atoms with van der Waals surface area (Å²) in [5, 5.41) is 2.59. The lowest BCUT2D eigenvalue weighted by molar-refractivity contribution is -0.114. The molecular weight excluding hydrogens is 404 g/mol. The van der Waals surface area contributed by atoms with Crippen LogP contribution in [0.15, 0.2) is 77.7 Å². The number of methoxy groups -OCH3 is 1. The third-order valence-corrected chi connectivity index (χ3v) is 5.53. The lowest BCUT2D eigenvalue weighted by Crippen LogP contribution is -2.14. The molecule has 0 unspecified atom stereocenters. The summed E-state index contributed by atoms with van der Waals surface area (Å²) in [6.45, 7) is 1.78. The molecule has 3 rings (SSSR count). The molecule has 0 radical (unpaired) electrons. The zero-order valence-electron chi connectivity index (χ0n) is 16.6. The van der Waals surface area contributed by atoms with E-state index in [1.165, 1.54) is 32.2 Å². The molecule has 0 atom stereocenters. The first-order valence-corrected chi connectivity index (χ1v) is 10.6. The molecule has 0 saturated carbocycles. The van der Waals surface area contributed by atoms with Gasteiger partial charge in [0.05, 0.1) is 17.7 Å². The molecule has 0 bridgehead atoms. The quantitative estimate of drug-likeness (QED) is 0.567. The van der Waals surface area contributed by atoms with Crippen molar-refractivity contribution in [3.05, 3.63) is 78.4 Å². The van der Waals surface area contributed by atoms with Crippen molar-refractivity contribution in [2.45, 2.75) is 18.4 Å². The van der Waals surface area contributed by atoms with E-state index in [9.17, 15) is 13.2 Å². The van der Waals surface area contributed by atoms with Crippen molar-refractivity contribution in [1.29, 1.82) is 0 Å². The van der Waals surface area contributed by atoms with Gasteiger partial charge in [-0.3, -0.25) is 9.52 Å². The average molecular weight is 426 g/mol. The van der Waals surface area contributed by atoms with Crippen LogP contribution in [0.4, 0.5) is 11.4 Å². The maximum Gasteiger partial charge on any atom is 0.262 e. The summed E-state index contributed by atoms with van der Waals surface area (Å²) in [4.78, 5) is 11.3. The highest BCUT2D eigenvalue weighted by Gasteiger charge is 2.17. The third kappa shape index (κ3) is 5.51. The van der Waals surface area contributed by atoms with Gasteiger partial charge in [0.15, 0.2) is 0 Å². The Hall–Kier alpha value is -3.52. The van der Waals surface area contributed by atoms with Gasteiger partial charge in [0.1, 0.15) is 18.1 Å². The molecule has 0 aliphatic carbocycles. The summed E-state index contributed by atoms with van der Waals surface area (Å²) in [5.41, 5.74) is 1.83. The van der Waals surface area contributed by atoms with Crippen LogP contribution in [0.1, 0.15) is 12.5 Å². The van der Waals surface area contributed by atoms with Crippen LogP contribution in [0.5, 0.6) is 11.5 Å². The molecule has 0 heterocycles. The van der Waals surface area contributed by atoms with Crippen molar-refractivity contribution in [3.8, 4) is 11.5 Å². The van der Waals surface area contributed by atoms with Gasteiger partial charge in [-0.2, -0.15) is 0 Å². The molecule has 156 valence electrons. The van der Waals surface area contributed by atoms with Gasteiger partial charge in [0, 0.05) is 18.7 Å². The fourth-order valence-electron chi connectivity index (χ4n) is 2.71. The molecule has 30 heavy (non-hydrogen) atoms. The first-order chi connectivity index (χ1) is 14.4. The third-order valence-electron chi connectivity index (χ3n) is 4.15. The SMILES string of the molecule is COc1cc(S(=O)(=O)Nc2ccc(OCc3ccccc3)cc2)ccc1NC(C)=O. The Balaban J connectivity index is 1.69. The monoisotopic (exact) mass is 426 g/mol. The van der Waals surface area contributed by atoms with Gasteiger partial charge in [-0.25, -0.2) is 8.42 Å². The van der Waals surface area contributed by atoms with Crippen LogP contribution < -0.4 is 19.5 Å². The fraction of sp³-hybridized carbons (Fsp3) is 0.136. The maximum absolute atomic E-state index is 12.7. The van der Waals surface area contributed by atoms with Crippen LogP contribution in [0.2, 0.25) is 0 Å². The van der Waals surface area contributed by atoms with Crippen LogP contribution in [0.25, 0.3) is 0 Å². The molecule has 1 amide bonds. The number of ether oxygens (including phenoxy) is 2. The largest absolute Gasteiger partial charge is 0.495 e. The highest BCUT2D eigenvalue weighted by Crippen LogP contribution is 2.29. The van der Waals surface area contributed by atoms with Gasteiger partial charge in [0.2, 0.25) is 5.91 Å². The molecule has 0 aromatic heterocycles. The number of benzene rings is 3. The molecule has 3 aromatic rings. The second kappa shape index (κ2) is 9.32. The summed E-state index contributed by atoms with van der Waals surface area (Å²) in [6.07, 6.45) is 0. The van der Waals surface area contributed by atoms with Crippen molar-refractivity contribution in [2.24, 2.45) is 0 Å². The molecule has 2 N–H and O–H groups in total. The van der Waals surface area contributed by atoms with Gasteiger partial charge in [-0.1, -0.05) is 30.3 Å². The number of rotatable bonds is 8. The van der Waals surface area contributed by atoms with Crippen molar-refractivity contribution in [3.63, 3.8) is 0 Å². The van der Waals surface area contributed by atoms with Crippen LogP contribution in [0, 0.1) is 0 Å². The lowest BCUT2D eigenvalue weighted by Gasteiger charge is -2.13. The van der Waals surface area contributed by atoms with Crippen LogP contribution in [-0.4, -0.2) is 21.4 Å². The number of nitrogens with one attached hydrogen (secondary N) is 2. The molecule has 0 fully saturated rings. The summed E-state index contributed by atoms with van der Waals surface area (Å²) in [6, 6.07) is 20.6. The van der Waals surface area contributed by atoms with Crippen LogP contribution in [0.3, 0.4) is 0 Å². The molecule has 0 aliphatic heterocycles. The standard InChI is InChI=1S/C22H22N2O5S/c1-16(25)23-21-13-12-20(14-22(21)28-2)30(26,27)24-18-8-10-19(11-9-18)29-15-17-6-4-3-5-7-17/h3-14,24H,15H2,1-2H3,(H,23,25). The van der Waals surface area contributed by atoms with E-state index >= 15 is 0 Å². The Morgan fingerprint density at radius 3 is 2.30 bits per heavy atom. The normalized spacial score (nSPS) is 10.9. The van der Waals surface area contributed by atoms with E-state index in [-0.39, 0.29) is 16.6 Å². The number of sulfonamides is 1. The smallest absolute Gasteiger partial charge is 0.262 e. The topological polar surface area (TPSA) is 93.7 Å². The minimum Gasteiger partial charge on any atom is -0.495 e. The molecule has 8 heteroatoms. The Kier molecular flexibility index (Phi) is 6.58. The molecule has 0 spiro atoms. The van der Waals surface area contributed by atoms with E-state index in [0.29, 0.717) is 23.7 Å². The fourth-order valence-corrected chi connectivity index (χ4v) is 3.78. The number of carbonyl (C=O) groups excluding carboxylic acids is 1. The van der Waals surface area contributed by atoms with Gasteiger partial charge in [0.25, 0.3) is 10.0 Å². The summed E-state index contributed by atoms with van der Waals surface area (Å²) < 4.78 is 38.8. The summed E-state index contributed by atoms with van der Waals surface area (Å²) in [7, 11) is -2.44. The van der Waals surface area contributed by atoms with Crippen molar-refractivity contribution in [1.82, 2.24) is 0 Å². The Labute approximate surface area is 175 Å². The highest BCUT2D eigenvalue weighted by molar-refractivity contribution is 7.92. The minimum absolute atomic E-state index is 0.0119. The van der Waals surface area contributed by atoms with Crippen LogP contribution in [-0.2, 0) is 21.4 Å². The van der Waals surface area contributed by atoms with Crippen molar-refractivity contribution in [2.75, 3.05) is 17.1 Å². The van der Waals surface area contributed by atoms with E-state index in [0.717, 1.165) is 5.56 Å². The molecule has 3 aromatic carbocycles. The van der Waals surface area contributed by atoms with Crippen LogP contribution >= 0.6 is 0 Å². The van der Waals surface area contributed by atoms with E-state index < -0.39 is 10.0 Å². The molecule has 0 saturated heterocycles. The van der Waals surface area contributed by atoms with Gasteiger partial charge >= 0.3 is 0 Å². The number of hydrogen-bond donors (Lipinski definition) is 2. The first-order valence-electron chi connectivity index (χ1n) is 9.12. The Morgan fingerprint density at radius 1 is 0.967 bits per heavy atom. The summed E-state index contributed by atoms with van der Waals surface area (Å²) in [5.74, 6) is 0.595. The van der Waals surface area contributed by atoms with Gasteiger partial charge in [-0.15, -0.1) is 0 Å². The second-order valence-electron chi connectivity index (χ2n) is 6.45. The zero-order chi connectivity index (χ0) is 21.6.